The SMILES string of the molecule is CNC.O.O.O.O.O.O.O.O.O.O=[N+]([O-])O.O=[N+]([O-])O.O=[N+]([O-])O.[Fe]. The van der Waals surface area contributed by atoms with Gasteiger partial charge in [0.1, 0.15) is 0 Å². The molecule has 0 aromatic heterocycles. The van der Waals surface area contributed by atoms with Gasteiger partial charge < -0.3 is 70.2 Å². The van der Waals surface area contributed by atoms with E-state index in [2.05, 4.69) is 5.32 Å². The zero-order valence-corrected chi connectivity index (χ0v) is 13.6. The molecular weight excluding hydrogens is 424 g/mol. The van der Waals surface area contributed by atoms with Crippen LogP contribution in [-0.4, -0.2) is 94.3 Å². The first-order chi connectivity index (χ1) is 6.61. The van der Waals surface area contributed by atoms with Gasteiger partial charge in [-0.3, -0.25) is 0 Å². The van der Waals surface area contributed by atoms with Crippen molar-refractivity contribution in [1.29, 1.82) is 0 Å². The normalized spacial score (nSPS) is 3.60. The van der Waals surface area contributed by atoms with Crippen LogP contribution in [-0.2, 0) is 17.1 Å². The monoisotopic (exact) mass is 452 g/mol. The quantitative estimate of drug-likeness (QED) is 0.153. The van der Waals surface area contributed by atoms with Crippen LogP contribution in [0.25, 0.3) is 0 Å². The predicted octanol–water partition coefficient (Wildman–Crippen LogP) is -8.63. The molecule has 0 unspecified atom stereocenters. The Balaban J connectivity index is -0.00000000476. The van der Waals surface area contributed by atoms with E-state index >= 15 is 0 Å². The standard InChI is InChI=1S/C2H7N.Fe.3HNO3.9H2O/c1-3-2;;3*2-1(3)4;;;;;;;;;/h3H,1-2H3;;3*(H,2,3,4);9*1H2. The van der Waals surface area contributed by atoms with E-state index < -0.39 is 15.3 Å². The molecule has 0 bridgehead atoms. The van der Waals surface area contributed by atoms with E-state index in [1.807, 2.05) is 14.1 Å². The molecule has 0 aliphatic rings. The van der Waals surface area contributed by atoms with Crippen LogP contribution in [0, 0.1) is 30.3 Å². The van der Waals surface area contributed by atoms with Gasteiger partial charge in [0.05, 0.1) is 0 Å². The van der Waals surface area contributed by atoms with Crippen LogP contribution in [0.15, 0.2) is 0 Å². The van der Waals surface area contributed by atoms with Gasteiger partial charge in [-0.05, 0) is 14.1 Å². The zero-order valence-electron chi connectivity index (χ0n) is 12.5. The molecule has 0 saturated heterocycles. The maximum atomic E-state index is 8.36. The summed E-state index contributed by atoms with van der Waals surface area (Å²) in [6.07, 6.45) is 0. The van der Waals surface area contributed by atoms with E-state index in [9.17, 15) is 0 Å². The molecule has 0 aliphatic heterocycles. The molecule has 23 heteroatoms. The average molecular weight is 452 g/mol. The molecule has 0 spiro atoms. The van der Waals surface area contributed by atoms with Crippen molar-refractivity contribution >= 4 is 0 Å². The average Bonchev–Trinajstić information content (AvgIpc) is 1.81. The van der Waals surface area contributed by atoms with Crippen molar-refractivity contribution in [2.24, 2.45) is 0 Å². The van der Waals surface area contributed by atoms with Gasteiger partial charge in [-0.25, -0.2) is 0 Å². The predicted molar refractivity (Wildman–Crippen MR) is 73.9 cm³/mol. The minimum absolute atomic E-state index is 0. The molecular formula is C2H28FeN4O18. The maximum Gasteiger partial charge on any atom is 0.291 e. The summed E-state index contributed by atoms with van der Waals surface area (Å²) in [5.74, 6) is 0. The van der Waals surface area contributed by atoms with Crippen molar-refractivity contribution in [1.82, 2.24) is 5.32 Å². The smallest absolute Gasteiger partial charge is 0.291 e. The Kier molecular flexibility index (Phi) is 882. The molecule has 0 aliphatic carbocycles. The van der Waals surface area contributed by atoms with E-state index in [1.54, 1.807) is 0 Å². The van der Waals surface area contributed by atoms with Crippen LogP contribution in [0.4, 0.5) is 0 Å². The van der Waals surface area contributed by atoms with Crippen LogP contribution in [0.3, 0.4) is 0 Å². The van der Waals surface area contributed by atoms with Crippen LogP contribution in [0.5, 0.6) is 0 Å². The van der Waals surface area contributed by atoms with Crippen molar-refractivity contribution in [2.45, 2.75) is 0 Å². The summed E-state index contributed by atoms with van der Waals surface area (Å²) >= 11 is 0. The van der Waals surface area contributed by atoms with Gasteiger partial charge in [-0.15, -0.1) is 30.3 Å². The van der Waals surface area contributed by atoms with E-state index in [0.29, 0.717) is 0 Å². The fourth-order valence-corrected chi connectivity index (χ4v) is 0. The third-order valence-electron chi connectivity index (χ3n) is 0. The minimum atomic E-state index is -1.50. The second-order valence-corrected chi connectivity index (χ2v) is 1.21. The van der Waals surface area contributed by atoms with E-state index in [1.165, 1.54) is 0 Å². The van der Waals surface area contributed by atoms with Gasteiger partial charge in [0.2, 0.25) is 0 Å². The molecule has 0 amide bonds. The van der Waals surface area contributed by atoms with Crippen molar-refractivity contribution in [3.05, 3.63) is 30.3 Å². The van der Waals surface area contributed by atoms with Crippen molar-refractivity contribution in [2.75, 3.05) is 14.1 Å². The maximum absolute atomic E-state index is 8.36. The second kappa shape index (κ2) is 156. The molecule has 22 N–H and O–H groups in total. The molecule has 25 heavy (non-hydrogen) atoms. The summed E-state index contributed by atoms with van der Waals surface area (Å²) in [4.78, 5) is 25.1. The first-order valence-electron chi connectivity index (χ1n) is 2.70. The Hall–Kier alpha value is -2.28. The van der Waals surface area contributed by atoms with Crippen LogP contribution in [0.1, 0.15) is 0 Å². The summed E-state index contributed by atoms with van der Waals surface area (Å²) in [6, 6.07) is 0. The summed E-state index contributed by atoms with van der Waals surface area (Å²) in [5.41, 5.74) is 0. The van der Waals surface area contributed by atoms with E-state index in [4.69, 9.17) is 46.0 Å². The van der Waals surface area contributed by atoms with Gasteiger partial charge in [0, 0.05) is 17.1 Å². The number of hydrogen-bond donors (Lipinski definition) is 4. The summed E-state index contributed by atoms with van der Waals surface area (Å²) < 4.78 is 0. The van der Waals surface area contributed by atoms with Crippen LogP contribution in [0.2, 0.25) is 0 Å². The molecule has 0 heterocycles. The van der Waals surface area contributed by atoms with Crippen molar-refractivity contribution < 1.29 is 97.2 Å². The van der Waals surface area contributed by atoms with Crippen molar-refractivity contribution in [3.8, 4) is 0 Å². The fraction of sp³-hybridized carbons (Fsp3) is 1.00. The van der Waals surface area contributed by atoms with Gasteiger partial charge in [0.25, 0.3) is 15.3 Å². The number of hydrogen-bond acceptors (Lipinski definition) is 7. The van der Waals surface area contributed by atoms with Gasteiger partial charge in [-0.2, -0.15) is 0 Å². The number of rotatable bonds is 0. The van der Waals surface area contributed by atoms with Gasteiger partial charge in [0.15, 0.2) is 0 Å². The Labute approximate surface area is 148 Å². The van der Waals surface area contributed by atoms with Gasteiger partial charge in [-0.1, -0.05) is 0 Å². The molecule has 22 nitrogen and oxygen atoms in total. The largest absolute Gasteiger partial charge is 0.412 e. The number of nitrogens with zero attached hydrogens (tertiary/aromatic N) is 3. The van der Waals surface area contributed by atoms with Gasteiger partial charge >= 0.3 is 0 Å². The molecule has 0 fully saturated rings. The van der Waals surface area contributed by atoms with Crippen LogP contribution >= 0.6 is 0 Å². The second-order valence-electron chi connectivity index (χ2n) is 1.21. The summed E-state index contributed by atoms with van der Waals surface area (Å²) in [7, 11) is 3.75. The third kappa shape index (κ3) is 1620. The molecule has 172 valence electrons. The summed E-state index contributed by atoms with van der Waals surface area (Å²) in [5, 5.41) is 43.7. The zero-order chi connectivity index (χ0) is 13.4. The Morgan fingerprint density at radius 3 is 0.560 bits per heavy atom. The van der Waals surface area contributed by atoms with Crippen molar-refractivity contribution in [3.63, 3.8) is 0 Å². The molecule has 0 saturated carbocycles. The Morgan fingerprint density at radius 1 is 0.560 bits per heavy atom. The Bertz CT molecular complexity index is 140. The Morgan fingerprint density at radius 2 is 0.560 bits per heavy atom. The van der Waals surface area contributed by atoms with E-state index in [-0.39, 0.29) is 66.4 Å². The molecule has 0 aromatic rings. The first kappa shape index (κ1) is 141. The third-order valence-corrected chi connectivity index (χ3v) is 0. The fourth-order valence-electron chi connectivity index (χ4n) is 0. The van der Waals surface area contributed by atoms with Crippen LogP contribution < -0.4 is 5.32 Å². The summed E-state index contributed by atoms with van der Waals surface area (Å²) in [6.45, 7) is 0. The molecule has 0 aromatic carbocycles. The van der Waals surface area contributed by atoms with E-state index in [0.717, 1.165) is 0 Å². The molecule has 0 radical (unpaired) electrons. The molecule has 0 rings (SSSR count). The molecule has 0 atom stereocenters. The number of nitrogens with one attached hydrogen (secondary N) is 1. The minimum Gasteiger partial charge on any atom is -0.412 e. The first-order valence-corrected chi connectivity index (χ1v) is 2.70. The topological polar surface area (TPSA) is 486 Å².